The van der Waals surface area contributed by atoms with Gasteiger partial charge in [-0.05, 0) is 60.2 Å². The molecule has 3 aromatic rings. The van der Waals surface area contributed by atoms with Gasteiger partial charge in [0, 0.05) is 11.1 Å². The molecule has 0 heterocycles. The van der Waals surface area contributed by atoms with Gasteiger partial charge in [0.05, 0.1) is 25.0 Å². The number of nitrogens with zero attached hydrogens (tertiary/aromatic N) is 2. The van der Waals surface area contributed by atoms with Crippen LogP contribution in [0.2, 0.25) is 0 Å². The fourth-order valence-corrected chi connectivity index (χ4v) is 2.54. The van der Waals surface area contributed by atoms with Gasteiger partial charge >= 0.3 is 0 Å². The fraction of sp³-hybridized carbons (Fsp3) is 0.0870. The van der Waals surface area contributed by atoms with Crippen molar-refractivity contribution in [2.75, 3.05) is 7.11 Å². The molecule has 0 bridgehead atoms. The Hall–Kier alpha value is -4.11. The molecular weight excluding hydrogens is 366 g/mol. The summed E-state index contributed by atoms with van der Waals surface area (Å²) >= 11 is 0. The predicted octanol–water partition coefficient (Wildman–Crippen LogP) is 3.91. The second-order valence-electron chi connectivity index (χ2n) is 6.05. The van der Waals surface area contributed by atoms with E-state index in [0.717, 1.165) is 11.1 Å². The standard InChI is InChI=1S/C23H19N3O3/c1-28-21-12-8-18(9-13-21)23(27)26-25-15-17-6-10-22(11-7-17)29-16-20-5-3-2-4-19(20)14-24/h2-13,15H,16H2,1H3,(H,26,27)/b25-15-. The van der Waals surface area contributed by atoms with E-state index in [9.17, 15) is 4.79 Å². The largest absolute Gasteiger partial charge is 0.497 e. The Bertz CT molecular complexity index is 1040. The molecule has 1 N–H and O–H groups in total. The van der Waals surface area contributed by atoms with Crippen molar-refractivity contribution in [2.45, 2.75) is 6.61 Å². The van der Waals surface area contributed by atoms with E-state index in [-0.39, 0.29) is 5.91 Å². The van der Waals surface area contributed by atoms with Crippen molar-refractivity contribution in [1.29, 1.82) is 5.26 Å². The highest BCUT2D eigenvalue weighted by atomic mass is 16.5. The quantitative estimate of drug-likeness (QED) is 0.494. The van der Waals surface area contributed by atoms with E-state index in [4.69, 9.17) is 14.7 Å². The van der Waals surface area contributed by atoms with Gasteiger partial charge in [-0.25, -0.2) is 5.43 Å². The molecule has 3 rings (SSSR count). The average Bonchev–Trinajstić information content (AvgIpc) is 2.78. The summed E-state index contributed by atoms with van der Waals surface area (Å²) in [6.07, 6.45) is 1.55. The number of nitriles is 1. The van der Waals surface area contributed by atoms with Crippen LogP contribution in [-0.2, 0) is 6.61 Å². The maximum Gasteiger partial charge on any atom is 0.271 e. The first kappa shape index (κ1) is 19.6. The summed E-state index contributed by atoms with van der Waals surface area (Å²) in [5.74, 6) is 1.06. The number of hydrazone groups is 1. The molecule has 0 saturated heterocycles. The van der Waals surface area contributed by atoms with E-state index in [0.29, 0.717) is 29.2 Å². The Balaban J connectivity index is 1.53. The molecule has 0 aliphatic rings. The van der Waals surface area contributed by atoms with Crippen LogP contribution in [0.3, 0.4) is 0 Å². The van der Waals surface area contributed by atoms with Crippen LogP contribution in [0.4, 0.5) is 0 Å². The summed E-state index contributed by atoms with van der Waals surface area (Å²) in [6.45, 7) is 0.315. The van der Waals surface area contributed by atoms with Crippen LogP contribution in [-0.4, -0.2) is 19.2 Å². The van der Waals surface area contributed by atoms with Gasteiger partial charge in [0.2, 0.25) is 0 Å². The molecule has 29 heavy (non-hydrogen) atoms. The third-order valence-electron chi connectivity index (χ3n) is 4.14. The van der Waals surface area contributed by atoms with E-state index < -0.39 is 0 Å². The molecule has 0 fully saturated rings. The molecular formula is C23H19N3O3. The van der Waals surface area contributed by atoms with Crippen molar-refractivity contribution < 1.29 is 14.3 Å². The Labute approximate surface area is 169 Å². The van der Waals surface area contributed by atoms with Gasteiger partial charge in [0.25, 0.3) is 5.91 Å². The van der Waals surface area contributed by atoms with Crippen molar-refractivity contribution in [3.63, 3.8) is 0 Å². The van der Waals surface area contributed by atoms with Crippen LogP contribution in [0.5, 0.6) is 11.5 Å². The van der Waals surface area contributed by atoms with Crippen LogP contribution >= 0.6 is 0 Å². The van der Waals surface area contributed by atoms with Crippen LogP contribution in [0.25, 0.3) is 0 Å². The molecule has 6 nitrogen and oxygen atoms in total. The third kappa shape index (κ3) is 5.44. The SMILES string of the molecule is COc1ccc(C(=O)N/N=C\c2ccc(OCc3ccccc3C#N)cc2)cc1. The molecule has 0 aliphatic heterocycles. The van der Waals surface area contributed by atoms with E-state index in [2.05, 4.69) is 16.6 Å². The van der Waals surface area contributed by atoms with Gasteiger partial charge in [0.15, 0.2) is 0 Å². The number of methoxy groups -OCH3 is 1. The van der Waals surface area contributed by atoms with Crippen LogP contribution in [0, 0.1) is 11.3 Å². The van der Waals surface area contributed by atoms with Gasteiger partial charge < -0.3 is 9.47 Å². The molecule has 0 aromatic heterocycles. The van der Waals surface area contributed by atoms with Crippen molar-refractivity contribution in [3.05, 3.63) is 95.1 Å². The van der Waals surface area contributed by atoms with Crippen LogP contribution in [0.1, 0.15) is 27.0 Å². The van der Waals surface area contributed by atoms with Crippen molar-refractivity contribution in [1.82, 2.24) is 5.43 Å². The number of hydrogen-bond donors (Lipinski definition) is 1. The molecule has 3 aromatic carbocycles. The molecule has 144 valence electrons. The van der Waals surface area contributed by atoms with Crippen LogP contribution in [0.15, 0.2) is 77.9 Å². The molecule has 0 atom stereocenters. The number of ether oxygens (including phenoxy) is 2. The summed E-state index contributed by atoms with van der Waals surface area (Å²) in [5, 5.41) is 13.1. The average molecular weight is 385 g/mol. The number of hydrogen-bond acceptors (Lipinski definition) is 5. The summed E-state index contributed by atoms with van der Waals surface area (Å²) in [7, 11) is 1.57. The van der Waals surface area contributed by atoms with E-state index in [1.807, 2.05) is 42.5 Å². The Morgan fingerprint density at radius 2 is 1.72 bits per heavy atom. The Morgan fingerprint density at radius 3 is 2.41 bits per heavy atom. The molecule has 0 spiro atoms. The monoisotopic (exact) mass is 385 g/mol. The van der Waals surface area contributed by atoms with Crippen molar-refractivity contribution >= 4 is 12.1 Å². The normalized spacial score (nSPS) is 10.3. The van der Waals surface area contributed by atoms with E-state index in [1.54, 1.807) is 43.7 Å². The number of carbonyl (C=O) groups is 1. The zero-order valence-electron chi connectivity index (χ0n) is 15.8. The molecule has 0 unspecified atom stereocenters. The first-order chi connectivity index (χ1) is 14.2. The van der Waals surface area contributed by atoms with Gasteiger partial charge in [0.1, 0.15) is 18.1 Å². The molecule has 0 saturated carbocycles. The number of rotatable bonds is 7. The molecule has 0 aliphatic carbocycles. The molecule has 1 amide bonds. The highest BCUT2D eigenvalue weighted by molar-refractivity contribution is 5.95. The minimum Gasteiger partial charge on any atom is -0.497 e. The lowest BCUT2D eigenvalue weighted by atomic mass is 10.1. The fourth-order valence-electron chi connectivity index (χ4n) is 2.54. The second kappa shape index (κ2) is 9.72. The van der Waals surface area contributed by atoms with E-state index in [1.165, 1.54) is 0 Å². The van der Waals surface area contributed by atoms with Gasteiger partial charge in [-0.1, -0.05) is 18.2 Å². The van der Waals surface area contributed by atoms with Gasteiger partial charge in [-0.3, -0.25) is 4.79 Å². The Kier molecular flexibility index (Phi) is 6.58. The number of benzene rings is 3. The number of nitrogens with one attached hydrogen (secondary N) is 1. The first-order valence-corrected chi connectivity index (χ1v) is 8.88. The zero-order valence-corrected chi connectivity index (χ0v) is 15.8. The van der Waals surface area contributed by atoms with Crippen molar-refractivity contribution in [3.8, 4) is 17.6 Å². The second-order valence-corrected chi connectivity index (χ2v) is 6.05. The van der Waals surface area contributed by atoms with Gasteiger partial charge in [-0.2, -0.15) is 10.4 Å². The highest BCUT2D eigenvalue weighted by Crippen LogP contribution is 2.15. The minimum atomic E-state index is -0.306. The number of amides is 1. The molecule has 0 radical (unpaired) electrons. The first-order valence-electron chi connectivity index (χ1n) is 8.88. The summed E-state index contributed by atoms with van der Waals surface area (Å²) in [6, 6.07) is 23.5. The topological polar surface area (TPSA) is 83.7 Å². The minimum absolute atomic E-state index is 0.306. The van der Waals surface area contributed by atoms with Crippen molar-refractivity contribution in [2.24, 2.45) is 5.10 Å². The lowest BCUT2D eigenvalue weighted by molar-refractivity contribution is 0.0955. The number of carbonyl (C=O) groups excluding carboxylic acids is 1. The lowest BCUT2D eigenvalue weighted by Crippen LogP contribution is -2.17. The molecule has 6 heteroatoms. The smallest absolute Gasteiger partial charge is 0.271 e. The predicted molar refractivity (Wildman–Crippen MR) is 110 cm³/mol. The van der Waals surface area contributed by atoms with Crippen LogP contribution < -0.4 is 14.9 Å². The Morgan fingerprint density at radius 1 is 1.03 bits per heavy atom. The van der Waals surface area contributed by atoms with Gasteiger partial charge in [-0.15, -0.1) is 0 Å². The lowest BCUT2D eigenvalue weighted by Gasteiger charge is -2.07. The van der Waals surface area contributed by atoms with E-state index >= 15 is 0 Å². The summed E-state index contributed by atoms with van der Waals surface area (Å²) < 4.78 is 10.8. The maximum absolute atomic E-state index is 12.1. The third-order valence-corrected chi connectivity index (χ3v) is 4.14. The zero-order chi connectivity index (χ0) is 20.5. The highest BCUT2D eigenvalue weighted by Gasteiger charge is 2.04. The maximum atomic E-state index is 12.1. The summed E-state index contributed by atoms with van der Waals surface area (Å²) in [5.41, 5.74) is 5.22. The summed E-state index contributed by atoms with van der Waals surface area (Å²) in [4.78, 5) is 12.1.